The zero-order chi connectivity index (χ0) is 21.3. The molecule has 2 aromatic rings. The number of aryl methyl sites for hydroxylation is 2. The number of rotatable bonds is 5. The van der Waals surface area contributed by atoms with Gasteiger partial charge in [0, 0.05) is 30.6 Å². The monoisotopic (exact) mass is 426 g/mol. The van der Waals surface area contributed by atoms with Crippen LogP contribution in [-0.2, 0) is 9.53 Å². The number of allylic oxidation sites excluding steroid dienone is 2. The maximum absolute atomic E-state index is 12.9. The number of Topliss-reactive ketones (excluding diaryl/α,β-unsaturated/α-hetero) is 1. The van der Waals surface area contributed by atoms with Crippen LogP contribution in [0, 0.1) is 25.7 Å². The molecular weight excluding hydrogens is 400 g/mol. The minimum absolute atomic E-state index is 0.0297. The van der Waals surface area contributed by atoms with E-state index < -0.39 is 0 Å². The standard InChI is InChI=1S/C25H27ClO4/c1-15-11-21(30-20-5-3-19(26)4-6-20)12-16(2)23(15)24-22(27)14-18(25(24)28)13-17-7-9-29-10-8-17/h3-6,11-12,17-18,28H,7-10,13-14H2,1-2H3. The Balaban J connectivity index is 1.59. The first-order valence-corrected chi connectivity index (χ1v) is 10.9. The van der Waals surface area contributed by atoms with E-state index in [0.717, 1.165) is 49.2 Å². The first-order valence-electron chi connectivity index (χ1n) is 10.5. The number of aliphatic hydroxyl groups is 1. The van der Waals surface area contributed by atoms with Crippen LogP contribution >= 0.6 is 11.6 Å². The summed E-state index contributed by atoms with van der Waals surface area (Å²) in [7, 11) is 0. The summed E-state index contributed by atoms with van der Waals surface area (Å²) in [6.07, 6.45) is 3.24. The van der Waals surface area contributed by atoms with Gasteiger partial charge < -0.3 is 14.6 Å². The fourth-order valence-electron chi connectivity index (χ4n) is 4.63. The molecule has 0 aromatic heterocycles. The van der Waals surface area contributed by atoms with E-state index in [0.29, 0.717) is 34.4 Å². The van der Waals surface area contributed by atoms with Crippen molar-refractivity contribution in [1.82, 2.24) is 0 Å². The Kier molecular flexibility index (Phi) is 6.16. The van der Waals surface area contributed by atoms with Gasteiger partial charge in [-0.15, -0.1) is 0 Å². The second-order valence-electron chi connectivity index (χ2n) is 8.36. The third kappa shape index (κ3) is 4.40. The Morgan fingerprint density at radius 2 is 1.70 bits per heavy atom. The van der Waals surface area contributed by atoms with Gasteiger partial charge in [0.15, 0.2) is 5.78 Å². The number of hydrogen-bond donors (Lipinski definition) is 1. The molecule has 30 heavy (non-hydrogen) atoms. The molecule has 5 heteroatoms. The van der Waals surface area contributed by atoms with Gasteiger partial charge in [-0.05, 0) is 92.1 Å². The zero-order valence-corrected chi connectivity index (χ0v) is 18.2. The molecule has 0 radical (unpaired) electrons. The van der Waals surface area contributed by atoms with Gasteiger partial charge in [-0.3, -0.25) is 4.79 Å². The Bertz CT molecular complexity index is 948. The third-order valence-corrected chi connectivity index (χ3v) is 6.37. The highest BCUT2D eigenvalue weighted by Gasteiger charge is 2.36. The molecule has 1 saturated heterocycles. The third-order valence-electron chi connectivity index (χ3n) is 6.12. The van der Waals surface area contributed by atoms with Crippen molar-refractivity contribution < 1.29 is 19.4 Å². The molecule has 1 heterocycles. The van der Waals surface area contributed by atoms with Gasteiger partial charge in [0.2, 0.25) is 0 Å². The van der Waals surface area contributed by atoms with E-state index in [4.69, 9.17) is 21.1 Å². The van der Waals surface area contributed by atoms with Crippen LogP contribution in [0.5, 0.6) is 11.5 Å². The minimum atomic E-state index is -0.0839. The number of hydrogen-bond acceptors (Lipinski definition) is 4. The Morgan fingerprint density at radius 3 is 2.33 bits per heavy atom. The van der Waals surface area contributed by atoms with Gasteiger partial charge in [0.1, 0.15) is 17.3 Å². The van der Waals surface area contributed by atoms with E-state index in [1.807, 2.05) is 38.1 Å². The van der Waals surface area contributed by atoms with Gasteiger partial charge in [-0.2, -0.15) is 0 Å². The van der Waals surface area contributed by atoms with Crippen LogP contribution < -0.4 is 4.74 Å². The molecule has 158 valence electrons. The lowest BCUT2D eigenvalue weighted by Crippen LogP contribution is -2.19. The molecular formula is C25H27ClO4. The zero-order valence-electron chi connectivity index (χ0n) is 17.4. The van der Waals surface area contributed by atoms with Crippen molar-refractivity contribution in [2.75, 3.05) is 13.2 Å². The van der Waals surface area contributed by atoms with E-state index in [1.165, 1.54) is 0 Å². The van der Waals surface area contributed by atoms with Crippen LogP contribution in [0.15, 0.2) is 42.2 Å². The molecule has 2 aromatic carbocycles. The van der Waals surface area contributed by atoms with Crippen molar-refractivity contribution in [2.24, 2.45) is 11.8 Å². The number of carbonyl (C=O) groups excluding carboxylic acids is 1. The summed E-state index contributed by atoms with van der Waals surface area (Å²) in [6, 6.07) is 11.0. The predicted molar refractivity (Wildman–Crippen MR) is 118 cm³/mol. The molecule has 1 unspecified atom stereocenters. The minimum Gasteiger partial charge on any atom is -0.511 e. The lowest BCUT2D eigenvalue weighted by Gasteiger charge is -2.24. The average molecular weight is 427 g/mol. The smallest absolute Gasteiger partial charge is 0.167 e. The second-order valence-corrected chi connectivity index (χ2v) is 8.80. The largest absolute Gasteiger partial charge is 0.511 e. The molecule has 0 saturated carbocycles. The molecule has 1 atom stereocenters. The second kappa shape index (κ2) is 8.83. The highest BCUT2D eigenvalue weighted by atomic mass is 35.5. The summed E-state index contributed by atoms with van der Waals surface area (Å²) < 4.78 is 11.4. The van der Waals surface area contributed by atoms with E-state index in [-0.39, 0.29) is 17.5 Å². The summed E-state index contributed by atoms with van der Waals surface area (Å²) in [6.45, 7) is 5.46. The summed E-state index contributed by atoms with van der Waals surface area (Å²) in [5, 5.41) is 11.6. The van der Waals surface area contributed by atoms with Crippen molar-refractivity contribution in [3.8, 4) is 11.5 Å². The van der Waals surface area contributed by atoms with Crippen molar-refractivity contribution in [3.05, 3.63) is 63.9 Å². The number of carbonyl (C=O) groups is 1. The van der Waals surface area contributed by atoms with Gasteiger partial charge in [-0.25, -0.2) is 0 Å². The van der Waals surface area contributed by atoms with Gasteiger partial charge >= 0.3 is 0 Å². The normalized spacial score (nSPS) is 20.1. The van der Waals surface area contributed by atoms with Crippen LogP contribution in [0.25, 0.3) is 5.57 Å². The quantitative estimate of drug-likeness (QED) is 0.599. The molecule has 1 N–H and O–H groups in total. The molecule has 0 amide bonds. The number of ketones is 1. The van der Waals surface area contributed by atoms with E-state index >= 15 is 0 Å². The lowest BCUT2D eigenvalue weighted by atomic mass is 9.88. The summed E-state index contributed by atoms with van der Waals surface area (Å²) in [4.78, 5) is 12.9. The maximum atomic E-state index is 12.9. The summed E-state index contributed by atoms with van der Waals surface area (Å²) in [5.41, 5.74) is 3.15. The molecule has 2 aliphatic rings. The van der Waals surface area contributed by atoms with Gasteiger partial charge in [0.25, 0.3) is 0 Å². The van der Waals surface area contributed by atoms with Crippen LogP contribution in [0.4, 0.5) is 0 Å². The van der Waals surface area contributed by atoms with E-state index in [9.17, 15) is 9.90 Å². The number of aliphatic hydroxyl groups excluding tert-OH is 1. The van der Waals surface area contributed by atoms with Crippen LogP contribution in [0.2, 0.25) is 5.02 Å². The topological polar surface area (TPSA) is 55.8 Å². The molecule has 1 aliphatic carbocycles. The van der Waals surface area contributed by atoms with Crippen LogP contribution in [0.1, 0.15) is 42.4 Å². The van der Waals surface area contributed by atoms with Crippen molar-refractivity contribution in [2.45, 2.75) is 39.5 Å². The number of halogens is 1. The molecule has 1 aliphatic heterocycles. The average Bonchev–Trinajstić information content (AvgIpc) is 2.98. The highest BCUT2D eigenvalue weighted by Crippen LogP contribution is 2.42. The van der Waals surface area contributed by atoms with Crippen molar-refractivity contribution in [3.63, 3.8) is 0 Å². The first kappa shape index (κ1) is 21.0. The SMILES string of the molecule is Cc1cc(Oc2ccc(Cl)cc2)cc(C)c1C1=C(O)C(CC2CCOCC2)CC1=O. The lowest BCUT2D eigenvalue weighted by molar-refractivity contribution is -0.113. The fraction of sp³-hybridized carbons (Fsp3) is 0.400. The Labute approximate surface area is 182 Å². The predicted octanol–water partition coefficient (Wildman–Crippen LogP) is 6.42. The molecule has 0 bridgehead atoms. The van der Waals surface area contributed by atoms with Crippen LogP contribution in [0.3, 0.4) is 0 Å². The van der Waals surface area contributed by atoms with Gasteiger partial charge in [-0.1, -0.05) is 11.6 Å². The molecule has 4 nitrogen and oxygen atoms in total. The summed E-state index contributed by atoms with van der Waals surface area (Å²) in [5.74, 6) is 2.10. The fourth-order valence-corrected chi connectivity index (χ4v) is 4.76. The summed E-state index contributed by atoms with van der Waals surface area (Å²) >= 11 is 5.94. The Hall–Kier alpha value is -2.30. The highest BCUT2D eigenvalue weighted by molar-refractivity contribution is 6.30. The van der Waals surface area contributed by atoms with Gasteiger partial charge in [0.05, 0.1) is 5.57 Å². The van der Waals surface area contributed by atoms with Crippen molar-refractivity contribution in [1.29, 1.82) is 0 Å². The van der Waals surface area contributed by atoms with Crippen LogP contribution in [-0.4, -0.2) is 24.1 Å². The molecule has 1 fully saturated rings. The van der Waals surface area contributed by atoms with Crippen molar-refractivity contribution >= 4 is 23.0 Å². The first-order chi connectivity index (χ1) is 14.4. The maximum Gasteiger partial charge on any atom is 0.167 e. The van der Waals surface area contributed by atoms with E-state index in [2.05, 4.69) is 0 Å². The number of ether oxygens (including phenoxy) is 2. The Morgan fingerprint density at radius 1 is 1.07 bits per heavy atom. The van der Waals surface area contributed by atoms with E-state index in [1.54, 1.807) is 12.1 Å². The number of benzene rings is 2. The molecule has 4 rings (SSSR count). The molecule has 0 spiro atoms.